The molecule has 0 aliphatic carbocycles. The zero-order valence-electron chi connectivity index (χ0n) is 12.8. The number of hydrogen-bond donors (Lipinski definition) is 1. The quantitative estimate of drug-likeness (QED) is 0.701. The van der Waals surface area contributed by atoms with Crippen molar-refractivity contribution in [1.82, 2.24) is 15.1 Å². The summed E-state index contributed by atoms with van der Waals surface area (Å²) in [4.78, 5) is 0. The van der Waals surface area contributed by atoms with Crippen LogP contribution in [0.5, 0.6) is 0 Å². The molecule has 110 valence electrons. The van der Waals surface area contributed by atoms with E-state index in [0.29, 0.717) is 6.04 Å². The number of hydrogen-bond acceptors (Lipinski definition) is 2. The van der Waals surface area contributed by atoms with Crippen molar-refractivity contribution in [2.75, 3.05) is 6.54 Å². The summed E-state index contributed by atoms with van der Waals surface area (Å²) < 4.78 is 1.95. The summed E-state index contributed by atoms with van der Waals surface area (Å²) in [6, 6.07) is 0.508. The normalized spacial score (nSPS) is 12.9. The first-order chi connectivity index (χ1) is 9.13. The van der Waals surface area contributed by atoms with E-state index in [1.54, 1.807) is 0 Å². The third-order valence-electron chi connectivity index (χ3n) is 3.59. The van der Waals surface area contributed by atoms with Crippen LogP contribution in [0.1, 0.15) is 57.8 Å². The Morgan fingerprint density at radius 2 is 2.00 bits per heavy atom. The van der Waals surface area contributed by atoms with Crippen LogP contribution in [-0.2, 0) is 19.9 Å². The molecule has 1 aromatic heterocycles. The Labute approximate surface area is 122 Å². The molecule has 0 radical (unpaired) electrons. The van der Waals surface area contributed by atoms with E-state index in [1.807, 2.05) is 11.7 Å². The van der Waals surface area contributed by atoms with Gasteiger partial charge in [0.1, 0.15) is 0 Å². The molecule has 1 atom stereocenters. The van der Waals surface area contributed by atoms with Gasteiger partial charge in [-0.2, -0.15) is 5.10 Å². The standard InChI is InChI=1S/C15H28ClN3/c1-5-8-9-10-12(17-7-3)11-14-15(16)13(6-2)18-19(14)4/h12,17H,5-11H2,1-4H3. The van der Waals surface area contributed by atoms with E-state index in [9.17, 15) is 0 Å². The molecule has 4 heteroatoms. The lowest BCUT2D eigenvalue weighted by Crippen LogP contribution is -2.31. The first kappa shape index (κ1) is 16.5. The topological polar surface area (TPSA) is 29.9 Å². The molecule has 0 aliphatic rings. The number of nitrogens with zero attached hydrogens (tertiary/aromatic N) is 2. The van der Waals surface area contributed by atoms with Crippen LogP contribution < -0.4 is 5.32 Å². The van der Waals surface area contributed by atoms with Crippen LogP contribution in [-0.4, -0.2) is 22.4 Å². The summed E-state index contributed by atoms with van der Waals surface area (Å²) in [6.07, 6.45) is 6.94. The van der Waals surface area contributed by atoms with Crippen LogP contribution in [0.25, 0.3) is 0 Å². The molecule has 0 bridgehead atoms. The molecule has 1 aromatic rings. The van der Waals surface area contributed by atoms with E-state index >= 15 is 0 Å². The molecular formula is C15H28ClN3. The van der Waals surface area contributed by atoms with E-state index in [4.69, 9.17) is 11.6 Å². The molecule has 0 fully saturated rings. The molecule has 1 heterocycles. The number of aryl methyl sites for hydroxylation is 2. The van der Waals surface area contributed by atoms with Gasteiger partial charge >= 0.3 is 0 Å². The molecule has 1 unspecified atom stereocenters. The smallest absolute Gasteiger partial charge is 0.0850 e. The van der Waals surface area contributed by atoms with Gasteiger partial charge in [-0.25, -0.2) is 0 Å². The molecule has 1 rings (SSSR count). The van der Waals surface area contributed by atoms with Gasteiger partial charge in [0.2, 0.25) is 0 Å². The highest BCUT2D eigenvalue weighted by molar-refractivity contribution is 6.31. The second-order valence-electron chi connectivity index (χ2n) is 5.14. The molecule has 0 saturated heterocycles. The molecule has 0 spiro atoms. The molecule has 3 nitrogen and oxygen atoms in total. The van der Waals surface area contributed by atoms with Gasteiger partial charge in [0.15, 0.2) is 0 Å². The van der Waals surface area contributed by atoms with Gasteiger partial charge in [-0.15, -0.1) is 0 Å². The van der Waals surface area contributed by atoms with Gasteiger partial charge in [-0.05, 0) is 19.4 Å². The van der Waals surface area contributed by atoms with Crippen molar-refractivity contribution in [3.8, 4) is 0 Å². The molecule has 0 aliphatic heterocycles. The molecule has 19 heavy (non-hydrogen) atoms. The second kappa shape index (κ2) is 8.60. The summed E-state index contributed by atoms with van der Waals surface area (Å²) in [7, 11) is 2.00. The predicted octanol–water partition coefficient (Wildman–Crippen LogP) is 3.74. The summed E-state index contributed by atoms with van der Waals surface area (Å²) >= 11 is 6.42. The largest absolute Gasteiger partial charge is 0.314 e. The minimum atomic E-state index is 0.508. The number of aromatic nitrogens is 2. The maximum Gasteiger partial charge on any atom is 0.0850 e. The van der Waals surface area contributed by atoms with Crippen molar-refractivity contribution in [3.05, 3.63) is 16.4 Å². The van der Waals surface area contributed by atoms with Crippen LogP contribution >= 0.6 is 11.6 Å². The Balaban J connectivity index is 2.69. The molecular weight excluding hydrogens is 258 g/mol. The number of halogens is 1. The van der Waals surface area contributed by atoms with E-state index in [2.05, 4.69) is 31.2 Å². The second-order valence-corrected chi connectivity index (χ2v) is 5.52. The summed E-state index contributed by atoms with van der Waals surface area (Å²) in [5.41, 5.74) is 2.18. The van der Waals surface area contributed by atoms with Crippen molar-refractivity contribution in [2.24, 2.45) is 7.05 Å². The van der Waals surface area contributed by atoms with Gasteiger partial charge in [0, 0.05) is 19.5 Å². The molecule has 0 amide bonds. The highest BCUT2D eigenvalue weighted by Gasteiger charge is 2.17. The van der Waals surface area contributed by atoms with Crippen molar-refractivity contribution in [1.29, 1.82) is 0 Å². The van der Waals surface area contributed by atoms with Gasteiger partial charge < -0.3 is 5.32 Å². The van der Waals surface area contributed by atoms with Crippen molar-refractivity contribution in [2.45, 2.75) is 65.3 Å². The van der Waals surface area contributed by atoms with Gasteiger partial charge in [0.25, 0.3) is 0 Å². The molecule has 0 saturated carbocycles. The Kier molecular flexibility index (Phi) is 7.47. The minimum absolute atomic E-state index is 0.508. The lowest BCUT2D eigenvalue weighted by molar-refractivity contribution is 0.456. The van der Waals surface area contributed by atoms with E-state index in [1.165, 1.54) is 31.4 Å². The predicted molar refractivity (Wildman–Crippen MR) is 82.9 cm³/mol. The van der Waals surface area contributed by atoms with Gasteiger partial charge in [-0.3, -0.25) is 4.68 Å². The maximum absolute atomic E-state index is 6.42. The Morgan fingerprint density at radius 3 is 2.53 bits per heavy atom. The van der Waals surface area contributed by atoms with E-state index in [-0.39, 0.29) is 0 Å². The molecule has 0 aromatic carbocycles. The van der Waals surface area contributed by atoms with Crippen LogP contribution in [0.2, 0.25) is 5.02 Å². The SMILES string of the molecule is CCCCCC(Cc1c(Cl)c(CC)nn1C)NCC. The zero-order valence-corrected chi connectivity index (χ0v) is 13.6. The van der Waals surface area contributed by atoms with Crippen molar-refractivity contribution in [3.63, 3.8) is 0 Å². The minimum Gasteiger partial charge on any atom is -0.314 e. The summed E-state index contributed by atoms with van der Waals surface area (Å²) in [5.74, 6) is 0. The summed E-state index contributed by atoms with van der Waals surface area (Å²) in [6.45, 7) is 7.51. The Morgan fingerprint density at radius 1 is 1.26 bits per heavy atom. The highest BCUT2D eigenvalue weighted by Crippen LogP contribution is 2.23. The first-order valence-corrected chi connectivity index (χ1v) is 7.95. The lowest BCUT2D eigenvalue weighted by Gasteiger charge is -2.18. The first-order valence-electron chi connectivity index (χ1n) is 7.57. The maximum atomic E-state index is 6.42. The van der Waals surface area contributed by atoms with Crippen LogP contribution in [0, 0.1) is 0 Å². The van der Waals surface area contributed by atoms with Gasteiger partial charge in [-0.1, -0.05) is 51.6 Å². The van der Waals surface area contributed by atoms with E-state index < -0.39 is 0 Å². The van der Waals surface area contributed by atoms with Crippen molar-refractivity contribution >= 4 is 11.6 Å². The number of rotatable bonds is 9. The number of unbranched alkanes of at least 4 members (excludes halogenated alkanes) is 2. The van der Waals surface area contributed by atoms with Gasteiger partial charge in [0.05, 0.1) is 16.4 Å². The third-order valence-corrected chi connectivity index (χ3v) is 4.03. The fourth-order valence-corrected chi connectivity index (χ4v) is 2.85. The Bertz CT molecular complexity index is 374. The fourth-order valence-electron chi connectivity index (χ4n) is 2.48. The summed E-state index contributed by atoms with van der Waals surface area (Å²) in [5, 5.41) is 8.93. The van der Waals surface area contributed by atoms with Crippen LogP contribution in [0.3, 0.4) is 0 Å². The number of nitrogens with one attached hydrogen (secondary N) is 1. The highest BCUT2D eigenvalue weighted by atomic mass is 35.5. The van der Waals surface area contributed by atoms with Crippen LogP contribution in [0.4, 0.5) is 0 Å². The average Bonchev–Trinajstić information content (AvgIpc) is 2.66. The third kappa shape index (κ3) is 4.81. The number of likely N-dealkylation sites (N-methyl/N-ethyl adjacent to an activating group) is 1. The zero-order chi connectivity index (χ0) is 14.3. The lowest BCUT2D eigenvalue weighted by atomic mass is 10.0. The Hall–Kier alpha value is -0.540. The average molecular weight is 286 g/mol. The van der Waals surface area contributed by atoms with E-state index in [0.717, 1.165) is 30.1 Å². The molecule has 1 N–H and O–H groups in total. The monoisotopic (exact) mass is 285 g/mol. The van der Waals surface area contributed by atoms with Crippen LogP contribution in [0.15, 0.2) is 0 Å². The van der Waals surface area contributed by atoms with Crippen molar-refractivity contribution < 1.29 is 0 Å². The fraction of sp³-hybridized carbons (Fsp3) is 0.800.